The maximum absolute atomic E-state index is 11.1. The quantitative estimate of drug-likeness (QED) is 0.898. The van der Waals surface area contributed by atoms with Crippen LogP contribution in [-0.4, -0.2) is 26.1 Å². The summed E-state index contributed by atoms with van der Waals surface area (Å²) in [5, 5.41) is 13.5. The number of halogens is 1. The largest absolute Gasteiger partial charge is 0.480 e. The van der Waals surface area contributed by atoms with Gasteiger partial charge in [0.25, 0.3) is 0 Å². The third-order valence-electron chi connectivity index (χ3n) is 2.51. The fraction of sp³-hybridized carbons (Fsp3) is 0.636. The predicted molar refractivity (Wildman–Crippen MR) is 70.5 cm³/mol. The van der Waals surface area contributed by atoms with Crippen molar-refractivity contribution in [1.82, 2.24) is 9.78 Å². The van der Waals surface area contributed by atoms with Crippen LogP contribution in [0, 0.1) is 12.8 Å². The Labute approximate surface area is 110 Å². The van der Waals surface area contributed by atoms with Crippen molar-refractivity contribution in [3.05, 3.63) is 16.4 Å². The molecule has 1 aromatic rings. The maximum atomic E-state index is 11.1. The zero-order valence-electron chi connectivity index (χ0n) is 10.4. The minimum Gasteiger partial charge on any atom is -0.480 e. The maximum Gasteiger partial charge on any atom is 0.316 e. The Hall–Kier alpha value is -0.680. The van der Waals surface area contributed by atoms with Crippen LogP contribution in [0.4, 0.5) is 0 Å². The number of carboxylic acid groups (broad SMARTS) is 1. The van der Waals surface area contributed by atoms with E-state index in [1.165, 1.54) is 11.8 Å². The summed E-state index contributed by atoms with van der Waals surface area (Å²) in [5.41, 5.74) is 1.65. The molecule has 0 fully saturated rings. The molecule has 1 N–H and O–H groups in total. The molecule has 0 aliphatic rings. The molecule has 0 spiro atoms. The summed E-state index contributed by atoms with van der Waals surface area (Å²) in [6, 6.07) is 0. The van der Waals surface area contributed by atoms with E-state index in [-0.39, 0.29) is 5.92 Å². The molecule has 1 unspecified atom stereocenters. The number of aliphatic carboxylic acids is 1. The molecule has 1 rings (SSSR count). The molecule has 0 bridgehead atoms. The van der Waals surface area contributed by atoms with E-state index in [1.807, 2.05) is 27.8 Å². The molecule has 0 aliphatic heterocycles. The van der Waals surface area contributed by atoms with Gasteiger partial charge in [0.1, 0.15) is 5.25 Å². The molecule has 96 valence electrons. The Morgan fingerprint density at radius 3 is 2.53 bits per heavy atom. The molecule has 0 amide bonds. The lowest BCUT2D eigenvalue weighted by atomic mass is 10.1. The first kappa shape index (κ1) is 14.4. The number of nitrogens with zero attached hydrogens (tertiary/aromatic N) is 2. The van der Waals surface area contributed by atoms with E-state index in [0.29, 0.717) is 10.8 Å². The van der Waals surface area contributed by atoms with Crippen LogP contribution >= 0.6 is 23.4 Å². The molecule has 0 aliphatic carbocycles. The Bertz CT molecular complexity index is 418. The van der Waals surface area contributed by atoms with Gasteiger partial charge in [-0.3, -0.25) is 9.48 Å². The van der Waals surface area contributed by atoms with E-state index >= 15 is 0 Å². The zero-order valence-corrected chi connectivity index (χ0v) is 12.0. The summed E-state index contributed by atoms with van der Waals surface area (Å²) < 4.78 is 1.71. The number of aromatic nitrogens is 2. The molecular formula is C11H17ClN2O2S. The Balaban J connectivity index is 2.75. The summed E-state index contributed by atoms with van der Waals surface area (Å²) in [7, 11) is 1.82. The first-order valence-corrected chi connectivity index (χ1v) is 6.79. The molecular weight excluding hydrogens is 260 g/mol. The SMILES string of the molecule is Cc1nn(C)c(CSC(C(=O)O)C(C)C)c1Cl. The average molecular weight is 277 g/mol. The molecule has 0 aromatic carbocycles. The molecule has 4 nitrogen and oxygen atoms in total. The van der Waals surface area contributed by atoms with E-state index < -0.39 is 11.2 Å². The fourth-order valence-corrected chi connectivity index (χ4v) is 3.06. The highest BCUT2D eigenvalue weighted by Crippen LogP contribution is 2.28. The van der Waals surface area contributed by atoms with Gasteiger partial charge in [-0.2, -0.15) is 5.10 Å². The van der Waals surface area contributed by atoms with Crippen LogP contribution in [-0.2, 0) is 17.6 Å². The van der Waals surface area contributed by atoms with Crippen LogP contribution in [0.25, 0.3) is 0 Å². The van der Waals surface area contributed by atoms with Gasteiger partial charge >= 0.3 is 5.97 Å². The van der Waals surface area contributed by atoms with Crippen molar-refractivity contribution in [1.29, 1.82) is 0 Å². The minimum atomic E-state index is -0.778. The second-order valence-electron chi connectivity index (χ2n) is 4.28. The first-order valence-electron chi connectivity index (χ1n) is 5.37. The first-order chi connectivity index (χ1) is 7.84. The van der Waals surface area contributed by atoms with Crippen molar-refractivity contribution >= 4 is 29.3 Å². The van der Waals surface area contributed by atoms with Crippen molar-refractivity contribution in [3.63, 3.8) is 0 Å². The lowest BCUT2D eigenvalue weighted by molar-refractivity contribution is -0.137. The molecule has 6 heteroatoms. The highest BCUT2D eigenvalue weighted by atomic mass is 35.5. The summed E-state index contributed by atoms with van der Waals surface area (Å²) in [6.45, 7) is 5.65. The number of thioether (sulfide) groups is 1. The van der Waals surface area contributed by atoms with Crippen molar-refractivity contribution in [2.24, 2.45) is 13.0 Å². The van der Waals surface area contributed by atoms with Crippen molar-refractivity contribution in [2.75, 3.05) is 0 Å². The van der Waals surface area contributed by atoms with Crippen LogP contribution in [0.1, 0.15) is 25.2 Å². The number of rotatable bonds is 5. The second kappa shape index (κ2) is 5.78. The number of carboxylic acids is 1. The van der Waals surface area contributed by atoms with Crippen LogP contribution in [0.15, 0.2) is 0 Å². The standard InChI is InChI=1S/C11H17ClN2O2S/c1-6(2)10(11(15)16)17-5-8-9(12)7(3)13-14(8)4/h6,10H,5H2,1-4H3,(H,15,16). The zero-order chi connectivity index (χ0) is 13.2. The van der Waals surface area contributed by atoms with Crippen LogP contribution < -0.4 is 0 Å². The summed E-state index contributed by atoms with van der Waals surface area (Å²) in [4.78, 5) is 11.1. The Morgan fingerprint density at radius 1 is 1.59 bits per heavy atom. The van der Waals surface area contributed by atoms with Crippen molar-refractivity contribution < 1.29 is 9.90 Å². The van der Waals surface area contributed by atoms with Gasteiger partial charge in [-0.1, -0.05) is 25.4 Å². The fourth-order valence-electron chi connectivity index (χ4n) is 1.55. The van der Waals surface area contributed by atoms with E-state index in [2.05, 4.69) is 5.10 Å². The second-order valence-corrected chi connectivity index (χ2v) is 5.79. The van der Waals surface area contributed by atoms with Gasteiger partial charge in [-0.15, -0.1) is 11.8 Å². The number of hydrogen-bond acceptors (Lipinski definition) is 3. The molecule has 0 saturated carbocycles. The highest BCUT2D eigenvalue weighted by Gasteiger charge is 2.23. The van der Waals surface area contributed by atoms with Crippen LogP contribution in [0.5, 0.6) is 0 Å². The Morgan fingerprint density at radius 2 is 2.18 bits per heavy atom. The van der Waals surface area contributed by atoms with E-state index in [9.17, 15) is 4.79 Å². The van der Waals surface area contributed by atoms with Gasteiger partial charge in [0, 0.05) is 12.8 Å². The molecule has 1 heterocycles. The average Bonchev–Trinajstić information content (AvgIpc) is 2.43. The third kappa shape index (κ3) is 3.39. The van der Waals surface area contributed by atoms with Gasteiger partial charge in [-0.25, -0.2) is 0 Å². The monoisotopic (exact) mass is 276 g/mol. The lowest BCUT2D eigenvalue weighted by Gasteiger charge is -2.15. The summed E-state index contributed by atoms with van der Waals surface area (Å²) in [6.07, 6.45) is 0. The number of hydrogen-bond donors (Lipinski definition) is 1. The molecule has 0 radical (unpaired) electrons. The van der Waals surface area contributed by atoms with Gasteiger partial charge in [-0.05, 0) is 12.8 Å². The smallest absolute Gasteiger partial charge is 0.316 e. The number of aryl methyl sites for hydroxylation is 2. The topological polar surface area (TPSA) is 55.1 Å². The van der Waals surface area contributed by atoms with Crippen molar-refractivity contribution in [2.45, 2.75) is 31.8 Å². The molecule has 1 atom stereocenters. The Kier molecular flexibility index (Phi) is 4.89. The van der Waals surface area contributed by atoms with Gasteiger partial charge in [0.15, 0.2) is 0 Å². The van der Waals surface area contributed by atoms with Crippen LogP contribution in [0.2, 0.25) is 5.02 Å². The van der Waals surface area contributed by atoms with Crippen LogP contribution in [0.3, 0.4) is 0 Å². The third-order valence-corrected chi connectivity index (χ3v) is 4.55. The van der Waals surface area contributed by atoms with E-state index in [0.717, 1.165) is 11.4 Å². The lowest BCUT2D eigenvalue weighted by Crippen LogP contribution is -2.22. The summed E-state index contributed by atoms with van der Waals surface area (Å²) >= 11 is 7.50. The predicted octanol–water partition coefficient (Wildman–Crippen LogP) is 2.72. The normalized spacial score (nSPS) is 13.1. The van der Waals surface area contributed by atoms with Gasteiger partial charge in [0.2, 0.25) is 0 Å². The van der Waals surface area contributed by atoms with Gasteiger partial charge in [0.05, 0.1) is 16.4 Å². The summed E-state index contributed by atoms with van der Waals surface area (Å²) in [5.74, 6) is -0.128. The minimum absolute atomic E-state index is 0.0885. The number of carbonyl (C=O) groups is 1. The molecule has 0 saturated heterocycles. The van der Waals surface area contributed by atoms with Crippen molar-refractivity contribution in [3.8, 4) is 0 Å². The highest BCUT2D eigenvalue weighted by molar-refractivity contribution is 7.99. The molecule has 17 heavy (non-hydrogen) atoms. The van der Waals surface area contributed by atoms with E-state index in [1.54, 1.807) is 4.68 Å². The van der Waals surface area contributed by atoms with Gasteiger partial charge < -0.3 is 5.11 Å². The molecule has 1 aromatic heterocycles. The van der Waals surface area contributed by atoms with E-state index in [4.69, 9.17) is 16.7 Å².